The molecule has 10 N–H and O–H groups in total. The number of aliphatic hydroxyl groups is 1. The Morgan fingerprint density at radius 3 is 1.11 bits per heavy atom. The van der Waals surface area contributed by atoms with E-state index in [9.17, 15) is 24.1 Å². The number of ether oxygens (including phenoxy) is 4. The summed E-state index contributed by atoms with van der Waals surface area (Å²) in [4.78, 5) is 84.6. The fourth-order valence-electron chi connectivity index (χ4n) is 12.8. The monoisotopic (exact) mass is 1700 g/mol. The minimum Gasteiger partial charge on any atom is -0.382 e. The molecule has 600 valence electrons. The van der Waals surface area contributed by atoms with E-state index in [1.807, 2.05) is 81.4 Å². The number of aromatic amines is 3. The van der Waals surface area contributed by atoms with E-state index in [4.69, 9.17) is 32.5 Å². The van der Waals surface area contributed by atoms with Crippen molar-refractivity contribution in [1.82, 2.24) is 75.8 Å². The van der Waals surface area contributed by atoms with Crippen molar-refractivity contribution in [3.63, 3.8) is 0 Å². The van der Waals surface area contributed by atoms with E-state index in [0.29, 0.717) is 137 Å². The number of urea groups is 3. The van der Waals surface area contributed by atoms with Crippen molar-refractivity contribution < 1.29 is 69.7 Å². The van der Waals surface area contributed by atoms with Crippen LogP contribution < -0.4 is 31.9 Å². The number of phosphoric acid groups is 1. The van der Waals surface area contributed by atoms with Crippen LogP contribution in [0.4, 0.5) is 45.4 Å². The van der Waals surface area contributed by atoms with Crippen LogP contribution in [0.25, 0.3) is 66.5 Å². The van der Waals surface area contributed by atoms with Crippen molar-refractivity contribution in [2.75, 3.05) is 62.5 Å². The summed E-state index contributed by atoms with van der Waals surface area (Å²) in [7, 11) is -2.59. The molecule has 6 amide bonds. The molecule has 3 aliphatic rings. The van der Waals surface area contributed by atoms with Gasteiger partial charge in [-0.05, 0) is 130 Å². The maximum atomic E-state index is 16.4. The van der Waals surface area contributed by atoms with E-state index in [1.165, 1.54) is 24.8 Å². The number of amides is 6. The predicted octanol–water partition coefficient (Wildman–Crippen LogP) is 15.9. The standard InChI is InChI=1S/C35H38FN6O6P.C22H27FN6O3.C21H25FN6O3.BI/c1-4-37-34(43)42-33-40-27-18-26(30(36)29(31(27)41-33)28-16-11-17-45-28)25-19-38-32(39-20-25)35(2,3)48-49(44,46-21-23-12-7-5-8-13-23)47-22-24-14-9-6-10-15-24;1-5-24-21(30)29-20-27-14-9-13(12-10-25-19(26-11-12)22(2,3)31-4)17(23)16(18(14)28-20)15-7-6-8-32-15;1-4-23-20(29)28-19-26-13-8-12(11-9-24-18(25-10-11)21(2,3)30)16(22)15(17(13)27-19)14-6-5-7-31-14;1-2/h5-10,12-15,18-20,28H,4,11,16-17,21-22H2,1-3H3,(H3,37,40,41,42,43);9-11,15H,5-8H2,1-4H3,(H3,24,27,28,29,30);8-10,14,30H,4-7H2,1-3H3,(H3,23,26,27,28,29);/t28-;15-;14-;/m111./s1. The van der Waals surface area contributed by atoms with E-state index in [-0.39, 0.29) is 53.8 Å². The van der Waals surface area contributed by atoms with Crippen LogP contribution in [-0.2, 0) is 67.1 Å². The third-order valence-corrected chi connectivity index (χ3v) is 20.1. The first-order chi connectivity index (χ1) is 54.7. The number of anilines is 3. The lowest BCUT2D eigenvalue weighted by Gasteiger charge is -2.28. The highest BCUT2D eigenvalue weighted by atomic mass is 127. The van der Waals surface area contributed by atoms with Gasteiger partial charge < -0.3 is 55.0 Å². The van der Waals surface area contributed by atoms with Gasteiger partial charge in [-0.2, -0.15) is 22.4 Å². The number of hydrogen-bond acceptors (Lipinski definition) is 21. The number of fused-ring (bicyclic) bond motifs is 3. The molecule has 3 fully saturated rings. The summed E-state index contributed by atoms with van der Waals surface area (Å²) < 4.78 is 102. The first-order valence-electron chi connectivity index (χ1n) is 37.1. The van der Waals surface area contributed by atoms with Crippen molar-refractivity contribution >= 4 is 105 Å². The Morgan fingerprint density at radius 2 is 0.825 bits per heavy atom. The molecule has 114 heavy (non-hydrogen) atoms. The molecule has 0 unspecified atom stereocenters. The average Bonchev–Trinajstić information content (AvgIpc) is 1.58. The van der Waals surface area contributed by atoms with Crippen molar-refractivity contribution in [1.29, 1.82) is 0 Å². The van der Waals surface area contributed by atoms with Crippen LogP contribution >= 0.6 is 30.2 Å². The van der Waals surface area contributed by atoms with Crippen molar-refractivity contribution in [3.8, 4) is 33.4 Å². The number of hydrogen-bond donors (Lipinski definition) is 10. The molecule has 9 heterocycles. The van der Waals surface area contributed by atoms with Crippen molar-refractivity contribution in [3.05, 3.63) is 179 Å². The Morgan fingerprint density at radius 1 is 0.518 bits per heavy atom. The van der Waals surface area contributed by atoms with Gasteiger partial charge >= 0.3 is 25.9 Å². The number of benzene rings is 5. The molecule has 0 bridgehead atoms. The quantitative estimate of drug-likeness (QED) is 0.0153. The molecular formula is C78H90BF3IN18O12P. The molecule has 2 radical (unpaired) electrons. The Kier molecular flexibility index (Phi) is 28.3. The lowest BCUT2D eigenvalue weighted by atomic mass is 9.98. The number of H-pyrrole nitrogens is 3. The van der Waals surface area contributed by atoms with E-state index < -0.39 is 78.5 Å². The summed E-state index contributed by atoms with van der Waals surface area (Å²) in [6.07, 6.45) is 12.2. The summed E-state index contributed by atoms with van der Waals surface area (Å²) in [5.74, 6) is 0.134. The Labute approximate surface area is 670 Å². The first kappa shape index (κ1) is 85.0. The summed E-state index contributed by atoms with van der Waals surface area (Å²) in [5.41, 5.74) is 8.93. The molecule has 30 nitrogen and oxygen atoms in total. The van der Waals surface area contributed by atoms with Gasteiger partial charge in [-0.3, -0.25) is 29.5 Å². The average molecular weight is 1700 g/mol. The molecule has 14 rings (SSSR count). The van der Waals surface area contributed by atoms with E-state index in [2.05, 4.69) is 97.4 Å². The number of methoxy groups -OCH3 is 1. The second kappa shape index (κ2) is 38.0. The molecule has 5 aromatic carbocycles. The van der Waals surface area contributed by atoms with Crippen molar-refractivity contribution in [2.24, 2.45) is 0 Å². The fraction of sp³-hybridized carbons (Fsp3) is 0.385. The molecule has 0 aliphatic carbocycles. The van der Waals surface area contributed by atoms with Crippen LogP contribution in [0.2, 0.25) is 0 Å². The molecule has 36 heteroatoms. The highest BCUT2D eigenvalue weighted by molar-refractivity contribution is 14.1. The molecule has 0 spiro atoms. The number of carbonyl (C=O) groups is 3. The maximum Gasteiger partial charge on any atom is 0.476 e. The zero-order chi connectivity index (χ0) is 81.5. The van der Waals surface area contributed by atoms with Crippen LogP contribution in [-0.4, -0.2) is 135 Å². The van der Waals surface area contributed by atoms with Gasteiger partial charge in [0.25, 0.3) is 0 Å². The zero-order valence-electron chi connectivity index (χ0n) is 64.6. The number of imidazole rings is 3. The molecule has 3 aliphatic heterocycles. The Hall–Kier alpha value is -9.95. The molecule has 6 aromatic heterocycles. The number of nitrogens with one attached hydrogen (secondary N) is 9. The third-order valence-electron chi connectivity index (χ3n) is 18.5. The smallest absolute Gasteiger partial charge is 0.382 e. The highest BCUT2D eigenvalue weighted by Crippen LogP contribution is 2.56. The number of phosphoric ester groups is 1. The normalized spacial score (nSPS) is 15.7. The Balaban J connectivity index is 0.000000173. The van der Waals surface area contributed by atoms with Crippen LogP contribution in [0, 0.1) is 17.5 Å². The van der Waals surface area contributed by atoms with Gasteiger partial charge in [-0.15, -0.1) is 0 Å². The second-order valence-electron chi connectivity index (χ2n) is 28.1. The molecule has 3 saturated heterocycles. The van der Waals surface area contributed by atoms with Crippen LogP contribution in [0.3, 0.4) is 0 Å². The third kappa shape index (κ3) is 20.6. The SMILES string of the molecule is CCNC(=O)Nc1nc2c([C@H]3CCCO3)c(F)c(-c3cnc(C(C)(C)O)nc3)cc2[nH]1.CCNC(=O)Nc1nc2c([C@H]3CCCO3)c(F)c(-c3cnc(C(C)(C)OC)nc3)cc2[nH]1.CCNC(=O)Nc1nc2c([C@H]3CCCO3)c(F)c(-c3cnc(C(C)(C)OP(=O)(OCc4ccccc4)OCc4ccccc4)nc3)cc2[nH]1.[B]I. The van der Waals surface area contributed by atoms with Gasteiger partial charge in [0.05, 0.1) is 64.6 Å². The maximum absolute atomic E-state index is 16.4. The minimum absolute atomic E-state index is 0.00824. The lowest BCUT2D eigenvalue weighted by Crippen LogP contribution is -2.28. The van der Waals surface area contributed by atoms with Gasteiger partial charge in [0.1, 0.15) is 34.3 Å². The van der Waals surface area contributed by atoms with Gasteiger partial charge in [-0.1, -0.05) is 60.7 Å². The molecular weight excluding hydrogens is 1610 g/mol. The van der Waals surface area contributed by atoms with Gasteiger partial charge in [0.15, 0.2) is 23.2 Å². The van der Waals surface area contributed by atoms with Gasteiger partial charge in [-0.25, -0.2) is 77.0 Å². The summed E-state index contributed by atoms with van der Waals surface area (Å²) >= 11 is 1.65. The number of halogens is 4. The van der Waals surface area contributed by atoms with Crippen LogP contribution in [0.15, 0.2) is 116 Å². The largest absolute Gasteiger partial charge is 0.476 e. The van der Waals surface area contributed by atoms with Crippen LogP contribution in [0.5, 0.6) is 0 Å². The summed E-state index contributed by atoms with van der Waals surface area (Å²) in [6, 6.07) is 22.2. The molecule has 0 saturated carbocycles. The zero-order valence-corrected chi connectivity index (χ0v) is 67.7. The predicted molar refractivity (Wildman–Crippen MR) is 432 cm³/mol. The Bertz CT molecular complexity index is 5120. The second-order valence-corrected chi connectivity index (χ2v) is 29.7. The molecule has 11 aromatic rings. The summed E-state index contributed by atoms with van der Waals surface area (Å²) in [6.45, 7) is 18.6. The van der Waals surface area contributed by atoms with E-state index in [0.717, 1.165) is 30.4 Å². The summed E-state index contributed by atoms with van der Waals surface area (Å²) in [5, 5.41) is 25.9. The van der Waals surface area contributed by atoms with Crippen molar-refractivity contribution in [2.45, 2.75) is 149 Å². The number of rotatable bonds is 24. The highest BCUT2D eigenvalue weighted by Gasteiger charge is 2.40. The van der Waals surface area contributed by atoms with E-state index >= 15 is 13.2 Å². The lowest BCUT2D eigenvalue weighted by molar-refractivity contribution is 0.0114. The number of aromatic nitrogens is 12. The topological polar surface area (TPSA) is 389 Å². The number of carbonyl (C=O) groups excluding carboxylic acids is 3. The van der Waals surface area contributed by atoms with E-state index in [1.54, 1.807) is 102 Å². The minimum atomic E-state index is -4.17. The molecule has 3 atom stereocenters. The first-order valence-corrected chi connectivity index (χ1v) is 39.8. The van der Waals surface area contributed by atoms with Gasteiger partial charge in [0, 0.05) is 134 Å². The van der Waals surface area contributed by atoms with Crippen LogP contribution in [0.1, 0.15) is 164 Å². The van der Waals surface area contributed by atoms with Gasteiger partial charge in [0.2, 0.25) is 17.8 Å². The fourth-order valence-corrected chi connectivity index (χ4v) is 14.2. The number of nitrogens with zero attached hydrogens (tertiary/aromatic N) is 9.